The summed E-state index contributed by atoms with van der Waals surface area (Å²) in [6, 6.07) is 14.7. The molecule has 28 heavy (non-hydrogen) atoms. The average molecular weight is 398 g/mol. The van der Waals surface area contributed by atoms with Crippen molar-refractivity contribution in [1.82, 2.24) is 10.2 Å². The zero-order valence-electron chi connectivity index (χ0n) is 16.0. The maximum absolute atomic E-state index is 12.5. The Morgan fingerprint density at radius 3 is 2.64 bits per heavy atom. The highest BCUT2D eigenvalue weighted by atomic mass is 32.1. The molecule has 6 nitrogen and oxygen atoms in total. The van der Waals surface area contributed by atoms with Gasteiger partial charge in [-0.05, 0) is 48.9 Å². The number of amides is 1. The van der Waals surface area contributed by atoms with E-state index in [1.165, 1.54) is 11.3 Å². The fourth-order valence-corrected chi connectivity index (χ4v) is 3.31. The largest absolute Gasteiger partial charge is 0.497 e. The number of rotatable bonds is 9. The number of carbonyl (C=O) groups excluding carboxylic acids is 1. The maximum atomic E-state index is 12.5. The Morgan fingerprint density at radius 1 is 1.07 bits per heavy atom. The standard InChI is InChI=1S/C21H23N3O3S/c1-3-4-5-13-27-18-8-6-7-16(14-18)19(25)22-21-24-23-20(28-21)15-9-11-17(26-2)12-10-15/h6-12,14H,3-5,13H2,1-2H3,(H,22,24,25). The lowest BCUT2D eigenvalue weighted by atomic mass is 10.2. The zero-order valence-corrected chi connectivity index (χ0v) is 16.8. The van der Waals surface area contributed by atoms with Gasteiger partial charge in [0, 0.05) is 11.1 Å². The number of nitrogens with zero attached hydrogens (tertiary/aromatic N) is 2. The molecule has 0 unspecified atom stereocenters. The molecule has 0 bridgehead atoms. The number of aromatic nitrogens is 2. The zero-order chi connectivity index (χ0) is 19.8. The van der Waals surface area contributed by atoms with Crippen molar-refractivity contribution in [3.8, 4) is 22.1 Å². The highest BCUT2D eigenvalue weighted by Crippen LogP contribution is 2.28. The number of hydrogen-bond donors (Lipinski definition) is 1. The maximum Gasteiger partial charge on any atom is 0.257 e. The summed E-state index contributed by atoms with van der Waals surface area (Å²) in [6.07, 6.45) is 3.28. The number of benzene rings is 2. The number of unbranched alkanes of at least 4 members (excludes halogenated alkanes) is 2. The fourth-order valence-electron chi connectivity index (χ4n) is 2.56. The van der Waals surface area contributed by atoms with Crippen molar-refractivity contribution in [2.24, 2.45) is 0 Å². The molecule has 0 saturated heterocycles. The molecule has 7 heteroatoms. The Morgan fingerprint density at radius 2 is 1.89 bits per heavy atom. The molecule has 2 aromatic carbocycles. The first kappa shape index (κ1) is 19.8. The minimum atomic E-state index is -0.239. The van der Waals surface area contributed by atoms with Gasteiger partial charge >= 0.3 is 0 Å². The molecular weight excluding hydrogens is 374 g/mol. The minimum Gasteiger partial charge on any atom is -0.497 e. The third-order valence-electron chi connectivity index (χ3n) is 4.10. The second-order valence-electron chi connectivity index (χ2n) is 6.18. The molecule has 0 radical (unpaired) electrons. The first-order valence-corrected chi connectivity index (χ1v) is 10.0. The molecular formula is C21H23N3O3S. The first-order valence-electron chi connectivity index (χ1n) is 9.21. The molecule has 0 aliphatic rings. The van der Waals surface area contributed by atoms with Gasteiger partial charge < -0.3 is 9.47 Å². The second-order valence-corrected chi connectivity index (χ2v) is 7.16. The normalized spacial score (nSPS) is 10.5. The third kappa shape index (κ3) is 5.29. The van der Waals surface area contributed by atoms with Crippen molar-refractivity contribution in [1.29, 1.82) is 0 Å². The van der Waals surface area contributed by atoms with Crippen LogP contribution < -0.4 is 14.8 Å². The number of ether oxygens (including phenoxy) is 2. The lowest BCUT2D eigenvalue weighted by Crippen LogP contribution is -2.11. The van der Waals surface area contributed by atoms with Crippen molar-refractivity contribution < 1.29 is 14.3 Å². The van der Waals surface area contributed by atoms with E-state index in [9.17, 15) is 4.79 Å². The monoisotopic (exact) mass is 397 g/mol. The van der Waals surface area contributed by atoms with Crippen molar-refractivity contribution in [3.63, 3.8) is 0 Å². The van der Waals surface area contributed by atoms with Gasteiger partial charge in [0.15, 0.2) is 0 Å². The van der Waals surface area contributed by atoms with Crippen LogP contribution in [0.5, 0.6) is 11.5 Å². The van der Waals surface area contributed by atoms with E-state index >= 15 is 0 Å². The molecule has 0 atom stereocenters. The number of hydrogen-bond acceptors (Lipinski definition) is 6. The van der Waals surface area contributed by atoms with Crippen molar-refractivity contribution in [2.45, 2.75) is 26.2 Å². The predicted molar refractivity (Wildman–Crippen MR) is 111 cm³/mol. The van der Waals surface area contributed by atoms with Gasteiger partial charge in [0.1, 0.15) is 16.5 Å². The van der Waals surface area contributed by atoms with E-state index in [-0.39, 0.29) is 5.91 Å². The summed E-state index contributed by atoms with van der Waals surface area (Å²) < 4.78 is 10.9. The third-order valence-corrected chi connectivity index (χ3v) is 4.98. The van der Waals surface area contributed by atoms with E-state index in [0.717, 1.165) is 35.6 Å². The fraction of sp³-hybridized carbons (Fsp3) is 0.286. The van der Waals surface area contributed by atoms with Gasteiger partial charge in [-0.2, -0.15) is 0 Å². The number of anilines is 1. The quantitative estimate of drug-likeness (QED) is 0.512. The van der Waals surface area contributed by atoms with E-state index < -0.39 is 0 Å². The van der Waals surface area contributed by atoms with Crippen molar-refractivity contribution in [2.75, 3.05) is 19.0 Å². The molecule has 0 fully saturated rings. The van der Waals surface area contributed by atoms with Crippen LogP contribution in [0, 0.1) is 0 Å². The van der Waals surface area contributed by atoms with Gasteiger partial charge in [-0.25, -0.2) is 0 Å². The molecule has 1 heterocycles. The summed E-state index contributed by atoms with van der Waals surface area (Å²) in [4.78, 5) is 12.5. The number of methoxy groups -OCH3 is 1. The molecule has 3 aromatic rings. The number of carbonyl (C=O) groups is 1. The number of nitrogens with one attached hydrogen (secondary N) is 1. The van der Waals surface area contributed by atoms with Crippen LogP contribution in [-0.2, 0) is 0 Å². The molecule has 0 aliphatic carbocycles. The van der Waals surface area contributed by atoms with Crippen LogP contribution in [0.4, 0.5) is 5.13 Å². The Bertz CT molecular complexity index is 909. The van der Waals surface area contributed by atoms with E-state index in [4.69, 9.17) is 9.47 Å². The van der Waals surface area contributed by atoms with Crippen LogP contribution >= 0.6 is 11.3 Å². The topological polar surface area (TPSA) is 73.3 Å². The van der Waals surface area contributed by atoms with Gasteiger partial charge in [0.25, 0.3) is 5.91 Å². The Kier molecular flexibility index (Phi) is 6.97. The Labute approximate surface area is 168 Å². The molecule has 3 rings (SSSR count). The summed E-state index contributed by atoms with van der Waals surface area (Å²) in [6.45, 7) is 2.80. The van der Waals surface area contributed by atoms with Crippen LogP contribution in [0.1, 0.15) is 36.5 Å². The predicted octanol–water partition coefficient (Wildman–Crippen LogP) is 5.04. The average Bonchev–Trinajstić information content (AvgIpc) is 3.20. The van der Waals surface area contributed by atoms with Gasteiger partial charge in [-0.15, -0.1) is 10.2 Å². The summed E-state index contributed by atoms with van der Waals surface area (Å²) >= 11 is 1.32. The second kappa shape index (κ2) is 9.85. The molecule has 0 spiro atoms. The summed E-state index contributed by atoms with van der Waals surface area (Å²) in [5.74, 6) is 1.23. The molecule has 1 amide bonds. The van der Waals surface area contributed by atoms with E-state index in [1.54, 1.807) is 19.2 Å². The molecule has 1 N–H and O–H groups in total. The summed E-state index contributed by atoms with van der Waals surface area (Å²) in [5.41, 5.74) is 1.44. The van der Waals surface area contributed by atoms with E-state index in [2.05, 4.69) is 22.4 Å². The smallest absolute Gasteiger partial charge is 0.257 e. The Hall–Kier alpha value is -2.93. The molecule has 0 saturated carbocycles. The lowest BCUT2D eigenvalue weighted by Gasteiger charge is -2.07. The van der Waals surface area contributed by atoms with Gasteiger partial charge in [-0.1, -0.05) is 37.2 Å². The van der Waals surface area contributed by atoms with Crippen LogP contribution in [0.3, 0.4) is 0 Å². The SMILES string of the molecule is CCCCCOc1cccc(C(=O)Nc2nnc(-c3ccc(OC)cc3)s2)c1. The van der Waals surface area contributed by atoms with Crippen LogP contribution in [0.15, 0.2) is 48.5 Å². The van der Waals surface area contributed by atoms with Crippen molar-refractivity contribution >= 4 is 22.4 Å². The van der Waals surface area contributed by atoms with Crippen molar-refractivity contribution in [3.05, 3.63) is 54.1 Å². The van der Waals surface area contributed by atoms with E-state index in [0.29, 0.717) is 23.1 Å². The van der Waals surface area contributed by atoms with Crippen LogP contribution in [-0.4, -0.2) is 29.8 Å². The Balaban J connectivity index is 1.62. The van der Waals surface area contributed by atoms with Crippen LogP contribution in [0.2, 0.25) is 0 Å². The highest BCUT2D eigenvalue weighted by Gasteiger charge is 2.12. The first-order chi connectivity index (χ1) is 13.7. The summed E-state index contributed by atoms with van der Waals surface area (Å²) in [5, 5.41) is 12.2. The van der Waals surface area contributed by atoms with Crippen LogP contribution in [0.25, 0.3) is 10.6 Å². The lowest BCUT2D eigenvalue weighted by molar-refractivity contribution is 0.102. The van der Waals surface area contributed by atoms with Gasteiger partial charge in [-0.3, -0.25) is 10.1 Å². The highest BCUT2D eigenvalue weighted by molar-refractivity contribution is 7.18. The molecule has 0 aliphatic heterocycles. The minimum absolute atomic E-state index is 0.239. The molecule has 1 aromatic heterocycles. The molecule has 146 valence electrons. The van der Waals surface area contributed by atoms with Gasteiger partial charge in [0.2, 0.25) is 5.13 Å². The van der Waals surface area contributed by atoms with E-state index in [1.807, 2.05) is 36.4 Å². The van der Waals surface area contributed by atoms with Gasteiger partial charge in [0.05, 0.1) is 13.7 Å². The summed E-state index contributed by atoms with van der Waals surface area (Å²) in [7, 11) is 1.62.